The first-order valence-corrected chi connectivity index (χ1v) is 10.4. The molecule has 0 aliphatic carbocycles. The molecule has 0 aliphatic heterocycles. The number of carbonyl (C=O) groups excluding carboxylic acids is 1. The summed E-state index contributed by atoms with van der Waals surface area (Å²) in [5.41, 5.74) is 1.12. The highest BCUT2D eigenvalue weighted by molar-refractivity contribution is 6.12. The van der Waals surface area contributed by atoms with Crippen LogP contribution in [-0.4, -0.2) is 20.7 Å². The van der Waals surface area contributed by atoms with Crippen molar-refractivity contribution in [3.8, 4) is 0 Å². The van der Waals surface area contributed by atoms with E-state index in [1.807, 2.05) is 26.0 Å². The fourth-order valence-corrected chi connectivity index (χ4v) is 3.55. The number of aromatic nitrogens is 3. The number of halogens is 1. The molecule has 4 aromatic rings. The second kappa shape index (κ2) is 9.09. The molecule has 0 fully saturated rings. The molecular formula is C25H23FN4O2. The average molecular weight is 430 g/mol. The first-order chi connectivity index (χ1) is 15.4. The maximum Gasteiger partial charge on any atom is 0.279 e. The SMILES string of the molecule is CC(C)Cn1nc(C(=O)N(Cc2ccccn2)c2ccc(F)cc2)c2ccccc2c1=O. The van der Waals surface area contributed by atoms with Crippen LogP contribution in [0.25, 0.3) is 10.8 Å². The molecule has 2 heterocycles. The number of fused-ring (bicyclic) bond motifs is 1. The van der Waals surface area contributed by atoms with Crippen molar-refractivity contribution >= 4 is 22.4 Å². The third-order valence-corrected chi connectivity index (χ3v) is 5.04. The standard InChI is InChI=1S/C25H23FN4O2/c1-17(2)15-30-24(31)22-9-4-3-8-21(22)23(28-30)25(32)29(16-19-7-5-6-14-27-19)20-12-10-18(26)11-13-20/h3-14,17H,15-16H2,1-2H3. The molecule has 7 heteroatoms. The molecule has 6 nitrogen and oxygen atoms in total. The summed E-state index contributed by atoms with van der Waals surface area (Å²) in [5.74, 6) is -0.616. The maximum atomic E-state index is 13.8. The summed E-state index contributed by atoms with van der Waals surface area (Å²) in [6.07, 6.45) is 1.65. The van der Waals surface area contributed by atoms with E-state index in [4.69, 9.17) is 0 Å². The number of hydrogen-bond donors (Lipinski definition) is 0. The summed E-state index contributed by atoms with van der Waals surface area (Å²) in [6, 6.07) is 18.1. The van der Waals surface area contributed by atoms with Crippen molar-refractivity contribution in [3.05, 3.63) is 100 Å². The van der Waals surface area contributed by atoms with E-state index in [9.17, 15) is 14.0 Å². The molecule has 0 atom stereocenters. The van der Waals surface area contributed by atoms with Gasteiger partial charge < -0.3 is 4.90 Å². The Labute approximate surface area is 185 Å². The van der Waals surface area contributed by atoms with E-state index in [2.05, 4.69) is 10.1 Å². The second-order valence-corrected chi connectivity index (χ2v) is 7.96. The first kappa shape index (κ1) is 21.4. The highest BCUT2D eigenvalue weighted by Crippen LogP contribution is 2.23. The predicted octanol–water partition coefficient (Wildman–Crippen LogP) is 4.43. The number of carbonyl (C=O) groups is 1. The molecule has 1 amide bonds. The molecule has 0 saturated carbocycles. The number of hydrogen-bond acceptors (Lipinski definition) is 4. The highest BCUT2D eigenvalue weighted by Gasteiger charge is 2.24. The molecule has 2 aromatic heterocycles. The van der Waals surface area contributed by atoms with Crippen LogP contribution >= 0.6 is 0 Å². The van der Waals surface area contributed by atoms with Gasteiger partial charge in [0, 0.05) is 23.8 Å². The Morgan fingerprint density at radius 1 is 1.00 bits per heavy atom. The van der Waals surface area contributed by atoms with E-state index in [1.54, 1.807) is 48.7 Å². The molecule has 0 saturated heterocycles. The van der Waals surface area contributed by atoms with Crippen LogP contribution in [0.4, 0.5) is 10.1 Å². The molecule has 0 unspecified atom stereocenters. The van der Waals surface area contributed by atoms with Crippen molar-refractivity contribution < 1.29 is 9.18 Å². The minimum Gasteiger partial charge on any atom is -0.301 e. The van der Waals surface area contributed by atoms with E-state index in [1.165, 1.54) is 21.7 Å². The van der Waals surface area contributed by atoms with Gasteiger partial charge in [-0.2, -0.15) is 5.10 Å². The van der Waals surface area contributed by atoms with Crippen molar-refractivity contribution in [1.29, 1.82) is 0 Å². The Morgan fingerprint density at radius 2 is 1.69 bits per heavy atom. The third-order valence-electron chi connectivity index (χ3n) is 5.04. The van der Waals surface area contributed by atoms with Gasteiger partial charge in [0.05, 0.1) is 17.6 Å². The number of nitrogens with zero attached hydrogens (tertiary/aromatic N) is 4. The topological polar surface area (TPSA) is 68.1 Å². The molecule has 162 valence electrons. The lowest BCUT2D eigenvalue weighted by atomic mass is 10.1. The van der Waals surface area contributed by atoms with Gasteiger partial charge in [-0.15, -0.1) is 0 Å². The number of rotatable bonds is 6. The summed E-state index contributed by atoms with van der Waals surface area (Å²) in [5, 5.41) is 5.38. The van der Waals surface area contributed by atoms with Gasteiger partial charge in [0.1, 0.15) is 5.82 Å². The molecule has 0 aliphatic rings. The van der Waals surface area contributed by atoms with Crippen LogP contribution in [0.15, 0.2) is 77.7 Å². The molecule has 2 aromatic carbocycles. The van der Waals surface area contributed by atoms with E-state index >= 15 is 0 Å². The van der Waals surface area contributed by atoms with Crippen molar-refractivity contribution in [2.45, 2.75) is 26.9 Å². The van der Waals surface area contributed by atoms with Crippen LogP contribution in [0.3, 0.4) is 0 Å². The third kappa shape index (κ3) is 4.42. The monoisotopic (exact) mass is 430 g/mol. The smallest absolute Gasteiger partial charge is 0.279 e. The van der Waals surface area contributed by atoms with Crippen molar-refractivity contribution in [2.24, 2.45) is 5.92 Å². The summed E-state index contributed by atoms with van der Waals surface area (Å²) in [4.78, 5) is 32.6. The van der Waals surface area contributed by atoms with Crippen molar-refractivity contribution in [3.63, 3.8) is 0 Å². The van der Waals surface area contributed by atoms with Crippen molar-refractivity contribution in [2.75, 3.05) is 4.90 Å². The Bertz CT molecular complexity index is 1300. The zero-order chi connectivity index (χ0) is 22.7. The lowest BCUT2D eigenvalue weighted by Crippen LogP contribution is -2.35. The summed E-state index contributed by atoms with van der Waals surface area (Å²) < 4.78 is 14.9. The zero-order valence-electron chi connectivity index (χ0n) is 17.9. The summed E-state index contributed by atoms with van der Waals surface area (Å²) in [7, 11) is 0. The fraction of sp³-hybridized carbons (Fsp3) is 0.200. The molecule has 0 spiro atoms. The van der Waals surface area contributed by atoms with Crippen LogP contribution in [0.5, 0.6) is 0 Å². The van der Waals surface area contributed by atoms with Crippen molar-refractivity contribution in [1.82, 2.24) is 14.8 Å². The first-order valence-electron chi connectivity index (χ1n) is 10.4. The van der Waals surface area contributed by atoms with E-state index in [0.29, 0.717) is 28.7 Å². The average Bonchev–Trinajstić information content (AvgIpc) is 2.80. The van der Waals surface area contributed by atoms with Gasteiger partial charge in [-0.1, -0.05) is 38.1 Å². The molecule has 0 N–H and O–H groups in total. The Balaban J connectivity index is 1.87. The van der Waals surface area contributed by atoms with Gasteiger partial charge >= 0.3 is 0 Å². The number of benzene rings is 2. The molecule has 0 bridgehead atoms. The van der Waals surface area contributed by atoms with Gasteiger partial charge in [0.15, 0.2) is 5.69 Å². The van der Waals surface area contributed by atoms with E-state index in [0.717, 1.165) is 0 Å². The predicted molar refractivity (Wildman–Crippen MR) is 122 cm³/mol. The molecule has 32 heavy (non-hydrogen) atoms. The molecule has 0 radical (unpaired) electrons. The normalized spacial score (nSPS) is 11.1. The zero-order valence-corrected chi connectivity index (χ0v) is 17.9. The van der Waals surface area contributed by atoms with Gasteiger partial charge in [-0.25, -0.2) is 9.07 Å². The molecular weight excluding hydrogens is 407 g/mol. The van der Waals surface area contributed by atoms with Gasteiger partial charge in [-0.3, -0.25) is 14.6 Å². The molecule has 4 rings (SSSR count). The number of pyridine rings is 1. The summed E-state index contributed by atoms with van der Waals surface area (Å²) >= 11 is 0. The lowest BCUT2D eigenvalue weighted by molar-refractivity contribution is 0.0979. The minimum absolute atomic E-state index is 0.168. The van der Waals surface area contributed by atoms with Crippen LogP contribution in [0.1, 0.15) is 30.0 Å². The van der Waals surface area contributed by atoms with Gasteiger partial charge in [-0.05, 0) is 48.4 Å². The van der Waals surface area contributed by atoms with Crippen LogP contribution in [0, 0.1) is 11.7 Å². The highest BCUT2D eigenvalue weighted by atomic mass is 19.1. The van der Waals surface area contributed by atoms with Crippen LogP contribution in [-0.2, 0) is 13.1 Å². The van der Waals surface area contributed by atoms with E-state index in [-0.39, 0.29) is 23.7 Å². The van der Waals surface area contributed by atoms with E-state index < -0.39 is 11.7 Å². The quantitative estimate of drug-likeness (QED) is 0.454. The Morgan fingerprint density at radius 3 is 2.34 bits per heavy atom. The van der Waals surface area contributed by atoms with Crippen LogP contribution in [0.2, 0.25) is 0 Å². The van der Waals surface area contributed by atoms with Crippen LogP contribution < -0.4 is 10.5 Å². The second-order valence-electron chi connectivity index (χ2n) is 7.96. The fourth-order valence-electron chi connectivity index (χ4n) is 3.55. The number of anilines is 1. The number of amides is 1. The Hall–Kier alpha value is -3.87. The van der Waals surface area contributed by atoms with Gasteiger partial charge in [0.2, 0.25) is 0 Å². The largest absolute Gasteiger partial charge is 0.301 e. The maximum absolute atomic E-state index is 13.8. The summed E-state index contributed by atoms with van der Waals surface area (Å²) in [6.45, 7) is 4.53. The van der Waals surface area contributed by atoms with Gasteiger partial charge in [0.25, 0.3) is 11.5 Å². The minimum atomic E-state index is -0.395. The lowest BCUT2D eigenvalue weighted by Gasteiger charge is -2.23. The Kier molecular flexibility index (Phi) is 6.07.